The van der Waals surface area contributed by atoms with Crippen LogP contribution in [0.4, 0.5) is 0 Å². The number of likely N-dealkylation sites (tertiary alicyclic amines) is 1. The average molecular weight is 275 g/mol. The molecule has 1 heterocycles. The van der Waals surface area contributed by atoms with E-state index < -0.39 is 11.9 Å². The van der Waals surface area contributed by atoms with Crippen LogP contribution >= 0.6 is 0 Å². The van der Waals surface area contributed by atoms with Gasteiger partial charge in [0.1, 0.15) is 11.7 Å². The van der Waals surface area contributed by atoms with Crippen molar-refractivity contribution < 1.29 is 14.3 Å². The second-order valence-electron chi connectivity index (χ2n) is 5.18. The first-order chi connectivity index (χ1) is 9.70. The van der Waals surface area contributed by atoms with Crippen LogP contribution in [0, 0.1) is 5.92 Å². The van der Waals surface area contributed by atoms with Crippen molar-refractivity contribution in [1.29, 1.82) is 0 Å². The molecule has 0 bridgehead atoms. The third-order valence-corrected chi connectivity index (χ3v) is 3.77. The molecule has 2 rings (SSSR count). The monoisotopic (exact) mass is 275 g/mol. The quantitative estimate of drug-likeness (QED) is 0.606. The van der Waals surface area contributed by atoms with E-state index in [9.17, 15) is 9.59 Å². The zero-order chi connectivity index (χ0) is 14.4. The average Bonchev–Trinajstić information content (AvgIpc) is 2.49. The first-order valence-electron chi connectivity index (χ1n) is 7.07. The van der Waals surface area contributed by atoms with E-state index >= 15 is 0 Å². The highest BCUT2D eigenvalue weighted by molar-refractivity contribution is 5.99. The Balaban J connectivity index is 1.79. The summed E-state index contributed by atoms with van der Waals surface area (Å²) >= 11 is 0. The van der Waals surface area contributed by atoms with Gasteiger partial charge < -0.3 is 9.64 Å². The van der Waals surface area contributed by atoms with Crippen LogP contribution in [-0.2, 0) is 20.7 Å². The highest BCUT2D eigenvalue weighted by Gasteiger charge is 2.33. The molecular weight excluding hydrogens is 254 g/mol. The summed E-state index contributed by atoms with van der Waals surface area (Å²) in [5.41, 5.74) is 1.32. The minimum Gasteiger partial charge on any atom is -0.468 e. The summed E-state index contributed by atoms with van der Waals surface area (Å²) in [5, 5.41) is 0. The van der Waals surface area contributed by atoms with E-state index in [-0.39, 0.29) is 5.78 Å². The van der Waals surface area contributed by atoms with Gasteiger partial charge in [-0.15, -0.1) is 0 Å². The maximum Gasteiger partial charge on any atom is 0.317 e. The lowest BCUT2D eigenvalue weighted by molar-refractivity contribution is -0.151. The molecule has 0 aromatic heterocycles. The van der Waals surface area contributed by atoms with Crippen molar-refractivity contribution in [1.82, 2.24) is 4.90 Å². The third kappa shape index (κ3) is 3.90. The molecule has 108 valence electrons. The molecule has 1 aromatic rings. The molecule has 0 saturated carbocycles. The van der Waals surface area contributed by atoms with Gasteiger partial charge in [0.05, 0.1) is 7.11 Å². The molecule has 1 saturated heterocycles. The minimum absolute atomic E-state index is 0.0103. The minimum atomic E-state index is -0.592. The Labute approximate surface area is 119 Å². The van der Waals surface area contributed by atoms with Crippen LogP contribution in [0.1, 0.15) is 18.4 Å². The molecule has 1 aromatic carbocycles. The number of esters is 1. The predicted octanol–water partition coefficient (Wildman–Crippen LogP) is 1.68. The van der Waals surface area contributed by atoms with Gasteiger partial charge in [0.25, 0.3) is 0 Å². The van der Waals surface area contributed by atoms with E-state index in [1.807, 2.05) is 18.2 Å². The number of Topliss-reactive ketones (excluding diaryl/α,β-unsaturated/α-hetero) is 1. The molecule has 4 heteroatoms. The zero-order valence-electron chi connectivity index (χ0n) is 11.9. The van der Waals surface area contributed by atoms with Crippen LogP contribution in [0.15, 0.2) is 30.3 Å². The van der Waals surface area contributed by atoms with E-state index in [4.69, 9.17) is 4.74 Å². The SMILES string of the molecule is COC(=O)C1CN(CCCc2ccccc2)CCC1=O. The van der Waals surface area contributed by atoms with Crippen molar-refractivity contribution in [3.8, 4) is 0 Å². The Morgan fingerprint density at radius 2 is 2.10 bits per heavy atom. The lowest BCUT2D eigenvalue weighted by Crippen LogP contribution is -2.45. The number of benzene rings is 1. The van der Waals surface area contributed by atoms with Gasteiger partial charge in [0.2, 0.25) is 0 Å². The summed E-state index contributed by atoms with van der Waals surface area (Å²) < 4.78 is 4.70. The van der Waals surface area contributed by atoms with E-state index in [1.54, 1.807) is 0 Å². The summed E-state index contributed by atoms with van der Waals surface area (Å²) in [4.78, 5) is 25.4. The van der Waals surface area contributed by atoms with Gasteiger partial charge in [-0.05, 0) is 24.9 Å². The van der Waals surface area contributed by atoms with Gasteiger partial charge in [-0.2, -0.15) is 0 Å². The fourth-order valence-electron chi connectivity index (χ4n) is 2.60. The van der Waals surface area contributed by atoms with Crippen LogP contribution in [0.3, 0.4) is 0 Å². The molecule has 1 fully saturated rings. The van der Waals surface area contributed by atoms with Crippen molar-refractivity contribution in [2.75, 3.05) is 26.7 Å². The Morgan fingerprint density at radius 1 is 1.35 bits per heavy atom. The highest BCUT2D eigenvalue weighted by atomic mass is 16.5. The summed E-state index contributed by atoms with van der Waals surface area (Å²) in [5.74, 6) is -0.982. The number of ketones is 1. The number of nitrogens with zero attached hydrogens (tertiary/aromatic N) is 1. The first-order valence-corrected chi connectivity index (χ1v) is 7.07. The van der Waals surface area contributed by atoms with Crippen LogP contribution in [0.25, 0.3) is 0 Å². The fourth-order valence-corrected chi connectivity index (χ4v) is 2.60. The van der Waals surface area contributed by atoms with Crippen molar-refractivity contribution >= 4 is 11.8 Å². The normalized spacial score (nSPS) is 19.9. The van der Waals surface area contributed by atoms with Crippen molar-refractivity contribution in [3.63, 3.8) is 0 Å². The molecule has 0 amide bonds. The second kappa shape index (κ2) is 7.20. The number of hydrogen-bond acceptors (Lipinski definition) is 4. The van der Waals surface area contributed by atoms with Gasteiger partial charge in [0, 0.05) is 19.5 Å². The van der Waals surface area contributed by atoms with Gasteiger partial charge in [0.15, 0.2) is 0 Å². The topological polar surface area (TPSA) is 46.6 Å². The number of aryl methyl sites for hydroxylation is 1. The second-order valence-corrected chi connectivity index (χ2v) is 5.18. The molecule has 1 atom stereocenters. The van der Waals surface area contributed by atoms with E-state index in [0.717, 1.165) is 25.9 Å². The number of hydrogen-bond donors (Lipinski definition) is 0. The fraction of sp³-hybridized carbons (Fsp3) is 0.500. The lowest BCUT2D eigenvalue weighted by Gasteiger charge is -2.30. The first kappa shape index (κ1) is 14.7. The maximum absolute atomic E-state index is 11.7. The van der Waals surface area contributed by atoms with Crippen LogP contribution in [-0.4, -0.2) is 43.4 Å². The molecule has 20 heavy (non-hydrogen) atoms. The molecule has 0 radical (unpaired) electrons. The van der Waals surface area contributed by atoms with E-state index in [2.05, 4.69) is 17.0 Å². The molecule has 1 aliphatic heterocycles. The number of carbonyl (C=O) groups excluding carboxylic acids is 2. The summed E-state index contributed by atoms with van der Waals surface area (Å²) in [6.07, 6.45) is 2.51. The summed E-state index contributed by atoms with van der Waals surface area (Å²) in [7, 11) is 1.34. The largest absolute Gasteiger partial charge is 0.468 e. The number of methoxy groups -OCH3 is 1. The van der Waals surface area contributed by atoms with E-state index in [0.29, 0.717) is 13.0 Å². The van der Waals surface area contributed by atoms with Crippen LogP contribution in [0.2, 0.25) is 0 Å². The Bertz CT molecular complexity index is 450. The van der Waals surface area contributed by atoms with Gasteiger partial charge in [-0.3, -0.25) is 9.59 Å². The van der Waals surface area contributed by atoms with Crippen molar-refractivity contribution in [2.24, 2.45) is 5.92 Å². The van der Waals surface area contributed by atoms with E-state index in [1.165, 1.54) is 12.7 Å². The number of rotatable bonds is 5. The smallest absolute Gasteiger partial charge is 0.317 e. The summed E-state index contributed by atoms with van der Waals surface area (Å²) in [6, 6.07) is 10.3. The van der Waals surface area contributed by atoms with Crippen LogP contribution < -0.4 is 0 Å². The lowest BCUT2D eigenvalue weighted by atomic mass is 9.96. The molecule has 0 aliphatic carbocycles. The molecule has 1 aliphatic rings. The number of ether oxygens (including phenoxy) is 1. The zero-order valence-corrected chi connectivity index (χ0v) is 11.9. The molecule has 0 spiro atoms. The Kier molecular flexibility index (Phi) is 5.30. The Morgan fingerprint density at radius 3 is 2.80 bits per heavy atom. The van der Waals surface area contributed by atoms with Gasteiger partial charge in [-0.25, -0.2) is 0 Å². The molecule has 1 unspecified atom stereocenters. The predicted molar refractivity (Wildman–Crippen MR) is 76.3 cm³/mol. The van der Waals surface area contributed by atoms with Crippen molar-refractivity contribution in [3.05, 3.63) is 35.9 Å². The van der Waals surface area contributed by atoms with Crippen LogP contribution in [0.5, 0.6) is 0 Å². The summed E-state index contributed by atoms with van der Waals surface area (Å²) in [6.45, 7) is 2.16. The highest BCUT2D eigenvalue weighted by Crippen LogP contribution is 2.15. The van der Waals surface area contributed by atoms with Gasteiger partial charge in [-0.1, -0.05) is 30.3 Å². The maximum atomic E-state index is 11.7. The standard InChI is InChI=1S/C16H21NO3/c1-20-16(19)14-12-17(11-9-15(14)18)10-5-8-13-6-3-2-4-7-13/h2-4,6-7,14H,5,8-12H2,1H3. The Hall–Kier alpha value is -1.68. The molecule has 0 N–H and O–H groups in total. The number of piperidine rings is 1. The van der Waals surface area contributed by atoms with Crippen molar-refractivity contribution in [2.45, 2.75) is 19.3 Å². The van der Waals surface area contributed by atoms with Gasteiger partial charge >= 0.3 is 5.97 Å². The number of carbonyl (C=O) groups is 2. The third-order valence-electron chi connectivity index (χ3n) is 3.77. The molecular formula is C16H21NO3. The molecule has 4 nitrogen and oxygen atoms in total.